The maximum absolute atomic E-state index is 13.1. The van der Waals surface area contributed by atoms with Gasteiger partial charge in [-0.2, -0.15) is 0 Å². The van der Waals surface area contributed by atoms with E-state index in [2.05, 4.69) is 20.9 Å². The maximum Gasteiger partial charge on any atom is 0.319 e. The first-order valence-electron chi connectivity index (χ1n) is 12.8. The van der Waals surface area contributed by atoms with Crippen LogP contribution in [0, 0.1) is 0 Å². The minimum atomic E-state index is -0.672. The van der Waals surface area contributed by atoms with Crippen LogP contribution in [0.3, 0.4) is 0 Å². The van der Waals surface area contributed by atoms with Gasteiger partial charge < -0.3 is 25.6 Å². The molecule has 1 aliphatic rings. The fraction of sp³-hybridized carbons (Fsp3) is 0.276. The Morgan fingerprint density at radius 3 is 2.62 bits per heavy atom. The molecule has 0 saturated heterocycles. The Labute approximate surface area is 226 Å². The normalized spacial score (nSPS) is 12.7. The van der Waals surface area contributed by atoms with Crippen molar-refractivity contribution in [1.29, 1.82) is 0 Å². The summed E-state index contributed by atoms with van der Waals surface area (Å²) >= 11 is 0. The van der Waals surface area contributed by atoms with Crippen molar-refractivity contribution in [2.24, 2.45) is 0 Å². The Morgan fingerprint density at radius 2 is 1.87 bits per heavy atom. The lowest BCUT2D eigenvalue weighted by Crippen LogP contribution is -2.37. The second-order valence-corrected chi connectivity index (χ2v) is 9.02. The third kappa shape index (κ3) is 7.64. The molecule has 1 aromatic heterocycles. The van der Waals surface area contributed by atoms with Crippen molar-refractivity contribution in [1.82, 2.24) is 15.6 Å². The first-order valence-corrected chi connectivity index (χ1v) is 12.8. The summed E-state index contributed by atoms with van der Waals surface area (Å²) in [6, 6.07) is 17.4. The number of rotatable bonds is 10. The first-order chi connectivity index (χ1) is 18.9. The number of hydrogen-bond donors (Lipinski definition) is 3. The van der Waals surface area contributed by atoms with Gasteiger partial charge in [-0.05, 0) is 48.2 Å². The highest BCUT2D eigenvalue weighted by Gasteiger charge is 2.28. The zero-order chi connectivity index (χ0) is 27.6. The molecular formula is C29H31N5O5. The molecule has 3 N–H and O–H groups in total. The Morgan fingerprint density at radius 1 is 1.05 bits per heavy atom. The zero-order valence-corrected chi connectivity index (χ0v) is 21.7. The number of hydrogen-bond acceptors (Lipinski definition) is 6. The van der Waals surface area contributed by atoms with Gasteiger partial charge in [0.05, 0.1) is 19.1 Å². The van der Waals surface area contributed by atoms with Crippen LogP contribution in [0.25, 0.3) is 0 Å². The van der Waals surface area contributed by atoms with Crippen LogP contribution in [0.1, 0.15) is 42.5 Å². The lowest BCUT2D eigenvalue weighted by Gasteiger charge is -2.21. The van der Waals surface area contributed by atoms with E-state index in [0.717, 1.165) is 11.1 Å². The Hall–Kier alpha value is -4.73. The predicted molar refractivity (Wildman–Crippen MR) is 146 cm³/mol. The number of nitrogens with zero attached hydrogens (tertiary/aromatic N) is 2. The summed E-state index contributed by atoms with van der Waals surface area (Å²) in [7, 11) is 0. The van der Waals surface area contributed by atoms with Crippen molar-refractivity contribution >= 4 is 35.2 Å². The van der Waals surface area contributed by atoms with Gasteiger partial charge in [-0.3, -0.25) is 19.4 Å². The largest absolute Gasteiger partial charge is 0.466 e. The Bertz CT molecular complexity index is 1320. The number of pyridine rings is 1. The van der Waals surface area contributed by atoms with E-state index in [1.165, 1.54) is 0 Å². The quantitative estimate of drug-likeness (QED) is 0.272. The van der Waals surface area contributed by atoms with Crippen LogP contribution in [0.2, 0.25) is 0 Å². The summed E-state index contributed by atoms with van der Waals surface area (Å²) in [6.07, 6.45) is 3.33. The molecule has 4 rings (SSSR count). The predicted octanol–water partition coefficient (Wildman–Crippen LogP) is 3.49. The molecule has 39 heavy (non-hydrogen) atoms. The molecule has 0 bridgehead atoms. The average Bonchev–Trinajstić information content (AvgIpc) is 3.36. The third-order valence-electron chi connectivity index (χ3n) is 6.25. The fourth-order valence-corrected chi connectivity index (χ4v) is 4.37. The maximum atomic E-state index is 13.1. The van der Waals surface area contributed by atoms with Gasteiger partial charge in [0.1, 0.15) is 6.42 Å². The van der Waals surface area contributed by atoms with Crippen LogP contribution in [0.5, 0.6) is 0 Å². The van der Waals surface area contributed by atoms with E-state index < -0.39 is 24.3 Å². The van der Waals surface area contributed by atoms with Crippen molar-refractivity contribution in [3.63, 3.8) is 0 Å². The number of fused-ring (bicyclic) bond motifs is 1. The number of benzene rings is 2. The number of esters is 1. The fourth-order valence-electron chi connectivity index (χ4n) is 4.37. The number of amides is 4. The molecule has 2 aromatic carbocycles. The number of anilines is 2. The van der Waals surface area contributed by atoms with Gasteiger partial charge in [-0.25, -0.2) is 4.79 Å². The standard InChI is InChI=1S/C29H31N5O5/c1-2-39-28(37)16-24(22-9-6-13-30-19-22)33-26(35)17-27(36)34-14-12-21-10-11-23(15-25(21)34)32-29(38)31-18-20-7-4-3-5-8-20/h3-11,13,15,19,24H,2,12,14,16-18H2,1H3,(H,33,35)(H2,31,32,38). The molecular weight excluding hydrogens is 498 g/mol. The highest BCUT2D eigenvalue weighted by atomic mass is 16.5. The molecule has 10 nitrogen and oxygen atoms in total. The van der Waals surface area contributed by atoms with Gasteiger partial charge in [0.25, 0.3) is 0 Å². The molecule has 0 radical (unpaired) electrons. The van der Waals surface area contributed by atoms with E-state index in [4.69, 9.17) is 4.74 Å². The summed E-state index contributed by atoms with van der Waals surface area (Å²) in [5.74, 6) is -1.35. The van der Waals surface area contributed by atoms with Crippen molar-refractivity contribution in [2.45, 2.75) is 38.8 Å². The highest BCUT2D eigenvalue weighted by molar-refractivity contribution is 6.06. The first kappa shape index (κ1) is 27.3. The smallest absolute Gasteiger partial charge is 0.319 e. The lowest BCUT2D eigenvalue weighted by atomic mass is 10.1. The second-order valence-electron chi connectivity index (χ2n) is 9.02. The monoisotopic (exact) mass is 529 g/mol. The van der Waals surface area contributed by atoms with Crippen LogP contribution in [-0.4, -0.2) is 42.0 Å². The van der Waals surface area contributed by atoms with Gasteiger partial charge >= 0.3 is 12.0 Å². The van der Waals surface area contributed by atoms with E-state index >= 15 is 0 Å². The molecule has 1 aliphatic heterocycles. The number of nitrogens with one attached hydrogen (secondary N) is 3. The van der Waals surface area contributed by atoms with Gasteiger partial charge in [-0.15, -0.1) is 0 Å². The molecule has 0 fully saturated rings. The van der Waals surface area contributed by atoms with E-state index in [-0.39, 0.29) is 25.0 Å². The van der Waals surface area contributed by atoms with Crippen molar-refractivity contribution in [2.75, 3.05) is 23.4 Å². The number of carbonyl (C=O) groups is 4. The van der Waals surface area contributed by atoms with E-state index in [1.54, 1.807) is 48.5 Å². The summed E-state index contributed by atoms with van der Waals surface area (Å²) in [5, 5.41) is 8.38. The number of aromatic nitrogens is 1. The van der Waals surface area contributed by atoms with Gasteiger partial charge in [0.2, 0.25) is 11.8 Å². The summed E-state index contributed by atoms with van der Waals surface area (Å²) in [6.45, 7) is 2.75. The molecule has 10 heteroatoms. The van der Waals surface area contributed by atoms with E-state index in [0.29, 0.717) is 36.4 Å². The minimum absolute atomic E-state index is 0.0760. The van der Waals surface area contributed by atoms with E-state index in [9.17, 15) is 19.2 Å². The third-order valence-corrected chi connectivity index (χ3v) is 6.25. The van der Waals surface area contributed by atoms with E-state index in [1.807, 2.05) is 36.4 Å². The van der Waals surface area contributed by atoms with Crippen LogP contribution in [-0.2, 0) is 32.1 Å². The number of carbonyl (C=O) groups excluding carboxylic acids is 4. The molecule has 202 valence electrons. The topological polar surface area (TPSA) is 130 Å². The van der Waals surface area contributed by atoms with Crippen LogP contribution < -0.4 is 20.9 Å². The molecule has 2 heterocycles. The summed E-state index contributed by atoms with van der Waals surface area (Å²) < 4.78 is 5.03. The van der Waals surface area contributed by atoms with Crippen molar-refractivity contribution in [3.05, 3.63) is 89.7 Å². The van der Waals surface area contributed by atoms with Crippen molar-refractivity contribution < 1.29 is 23.9 Å². The Kier molecular flexibility index (Phi) is 9.23. The number of ether oxygens (including phenoxy) is 1. The molecule has 1 unspecified atom stereocenters. The van der Waals surface area contributed by atoms with Gasteiger partial charge in [0.15, 0.2) is 0 Å². The second kappa shape index (κ2) is 13.2. The highest BCUT2D eigenvalue weighted by Crippen LogP contribution is 2.31. The van der Waals surface area contributed by atoms with Crippen LogP contribution >= 0.6 is 0 Å². The van der Waals surface area contributed by atoms with Crippen molar-refractivity contribution in [3.8, 4) is 0 Å². The molecule has 3 aromatic rings. The molecule has 4 amide bonds. The molecule has 1 atom stereocenters. The average molecular weight is 530 g/mol. The van der Waals surface area contributed by atoms with Gasteiger partial charge in [0, 0.05) is 36.9 Å². The minimum Gasteiger partial charge on any atom is -0.466 e. The van der Waals surface area contributed by atoms with Crippen LogP contribution in [0.4, 0.5) is 16.2 Å². The zero-order valence-electron chi connectivity index (χ0n) is 21.7. The van der Waals surface area contributed by atoms with Gasteiger partial charge in [-0.1, -0.05) is 42.5 Å². The molecule has 0 aliphatic carbocycles. The SMILES string of the molecule is CCOC(=O)CC(NC(=O)CC(=O)N1CCc2ccc(NC(=O)NCc3ccccc3)cc21)c1cccnc1. The lowest BCUT2D eigenvalue weighted by molar-refractivity contribution is -0.143. The summed E-state index contributed by atoms with van der Waals surface area (Å²) in [5.41, 5.74) is 3.76. The Balaban J connectivity index is 1.36. The summed E-state index contributed by atoms with van der Waals surface area (Å²) in [4.78, 5) is 56.1. The number of urea groups is 1. The molecule has 0 saturated carbocycles. The molecule has 0 spiro atoms. The van der Waals surface area contributed by atoms with Crippen LogP contribution in [0.15, 0.2) is 73.1 Å².